The first kappa shape index (κ1) is 11.5. The molecule has 1 amide bonds. The Balaban J connectivity index is 2.09. The van der Waals surface area contributed by atoms with Crippen LogP contribution in [-0.4, -0.2) is 23.9 Å². The van der Waals surface area contributed by atoms with Crippen molar-refractivity contribution in [3.63, 3.8) is 0 Å². The second-order valence-electron chi connectivity index (χ2n) is 4.51. The van der Waals surface area contributed by atoms with Gasteiger partial charge in [-0.25, -0.2) is 0 Å². The molecule has 1 saturated heterocycles. The zero-order valence-corrected chi connectivity index (χ0v) is 10.2. The molecule has 1 aromatic carbocycles. The van der Waals surface area contributed by atoms with Gasteiger partial charge in [-0.15, -0.1) is 0 Å². The second kappa shape index (κ2) is 4.88. The Kier molecular flexibility index (Phi) is 3.49. The van der Waals surface area contributed by atoms with E-state index in [1.807, 2.05) is 4.90 Å². The van der Waals surface area contributed by atoms with E-state index in [2.05, 4.69) is 6.92 Å². The van der Waals surface area contributed by atoms with Crippen LogP contribution in [0.1, 0.15) is 30.1 Å². The van der Waals surface area contributed by atoms with Crippen molar-refractivity contribution in [3.8, 4) is 0 Å². The molecule has 1 fully saturated rings. The fraction of sp³-hybridized carbons (Fsp3) is 0.462. The third-order valence-electron chi connectivity index (χ3n) is 3.04. The van der Waals surface area contributed by atoms with Crippen molar-refractivity contribution >= 4 is 17.5 Å². The Morgan fingerprint density at radius 1 is 1.38 bits per heavy atom. The first-order chi connectivity index (χ1) is 7.66. The van der Waals surface area contributed by atoms with Crippen molar-refractivity contribution in [3.05, 3.63) is 34.9 Å². The molecule has 0 saturated carbocycles. The second-order valence-corrected chi connectivity index (χ2v) is 4.94. The van der Waals surface area contributed by atoms with Crippen LogP contribution in [0.4, 0.5) is 0 Å². The highest BCUT2D eigenvalue weighted by Crippen LogP contribution is 2.18. The molecule has 0 radical (unpaired) electrons. The SMILES string of the molecule is C[C@H]1CCCN(C(=O)c2ccc(Cl)cc2)C1. The van der Waals surface area contributed by atoms with E-state index >= 15 is 0 Å². The normalized spacial score (nSPS) is 20.9. The average molecular weight is 238 g/mol. The largest absolute Gasteiger partial charge is 0.338 e. The van der Waals surface area contributed by atoms with Crippen molar-refractivity contribution in [1.82, 2.24) is 4.90 Å². The molecule has 2 nitrogen and oxygen atoms in total. The first-order valence-corrected chi connectivity index (χ1v) is 6.09. The fourth-order valence-electron chi connectivity index (χ4n) is 2.15. The van der Waals surface area contributed by atoms with E-state index in [4.69, 9.17) is 11.6 Å². The van der Waals surface area contributed by atoms with Gasteiger partial charge >= 0.3 is 0 Å². The average Bonchev–Trinajstić information content (AvgIpc) is 2.29. The summed E-state index contributed by atoms with van der Waals surface area (Å²) in [5, 5.41) is 0.670. The molecule has 0 unspecified atom stereocenters. The summed E-state index contributed by atoms with van der Waals surface area (Å²) < 4.78 is 0. The summed E-state index contributed by atoms with van der Waals surface area (Å²) in [4.78, 5) is 14.1. The summed E-state index contributed by atoms with van der Waals surface area (Å²) in [5.74, 6) is 0.744. The maximum atomic E-state index is 12.1. The van der Waals surface area contributed by atoms with Gasteiger partial charge in [0.25, 0.3) is 5.91 Å². The quantitative estimate of drug-likeness (QED) is 0.735. The summed E-state index contributed by atoms with van der Waals surface area (Å²) in [6.07, 6.45) is 2.34. The summed E-state index contributed by atoms with van der Waals surface area (Å²) >= 11 is 5.80. The van der Waals surface area contributed by atoms with Crippen LogP contribution in [0, 0.1) is 5.92 Å². The lowest BCUT2D eigenvalue weighted by atomic mass is 9.99. The summed E-state index contributed by atoms with van der Waals surface area (Å²) in [5.41, 5.74) is 0.735. The number of carbonyl (C=O) groups is 1. The van der Waals surface area contributed by atoms with E-state index in [1.165, 1.54) is 6.42 Å². The molecule has 0 bridgehead atoms. The van der Waals surface area contributed by atoms with Gasteiger partial charge in [-0.1, -0.05) is 18.5 Å². The molecule has 3 heteroatoms. The van der Waals surface area contributed by atoms with Crippen LogP contribution in [0.15, 0.2) is 24.3 Å². The molecule has 0 aromatic heterocycles. The number of rotatable bonds is 1. The van der Waals surface area contributed by atoms with Crippen LogP contribution in [0.25, 0.3) is 0 Å². The lowest BCUT2D eigenvalue weighted by Gasteiger charge is -2.31. The molecule has 0 N–H and O–H groups in total. The highest BCUT2D eigenvalue weighted by atomic mass is 35.5. The van der Waals surface area contributed by atoms with Crippen LogP contribution in [-0.2, 0) is 0 Å². The number of piperidine rings is 1. The zero-order valence-electron chi connectivity index (χ0n) is 9.45. The molecule has 1 atom stereocenters. The maximum absolute atomic E-state index is 12.1. The Hall–Kier alpha value is -1.02. The highest BCUT2D eigenvalue weighted by Gasteiger charge is 2.21. The van der Waals surface area contributed by atoms with Crippen LogP contribution >= 0.6 is 11.6 Å². The van der Waals surface area contributed by atoms with E-state index in [0.29, 0.717) is 10.9 Å². The smallest absolute Gasteiger partial charge is 0.253 e. The minimum atomic E-state index is 0.128. The van der Waals surface area contributed by atoms with Crippen molar-refractivity contribution in [2.24, 2.45) is 5.92 Å². The van der Waals surface area contributed by atoms with Crippen LogP contribution in [0.5, 0.6) is 0 Å². The van der Waals surface area contributed by atoms with Crippen LogP contribution in [0.3, 0.4) is 0 Å². The first-order valence-electron chi connectivity index (χ1n) is 5.71. The van der Waals surface area contributed by atoms with Gasteiger partial charge in [-0.2, -0.15) is 0 Å². The highest BCUT2D eigenvalue weighted by molar-refractivity contribution is 6.30. The predicted octanol–water partition coefficient (Wildman–Crippen LogP) is 3.21. The Bertz CT molecular complexity index is 374. The van der Waals surface area contributed by atoms with Gasteiger partial charge in [0, 0.05) is 23.7 Å². The number of hydrogen-bond donors (Lipinski definition) is 0. The summed E-state index contributed by atoms with van der Waals surface area (Å²) in [7, 11) is 0. The van der Waals surface area contributed by atoms with Gasteiger partial charge in [0.1, 0.15) is 0 Å². The van der Waals surface area contributed by atoms with E-state index in [1.54, 1.807) is 24.3 Å². The predicted molar refractivity (Wildman–Crippen MR) is 65.8 cm³/mol. The molecular weight excluding hydrogens is 222 g/mol. The number of halogens is 1. The fourth-order valence-corrected chi connectivity index (χ4v) is 2.27. The zero-order chi connectivity index (χ0) is 11.5. The number of benzene rings is 1. The van der Waals surface area contributed by atoms with E-state index < -0.39 is 0 Å². The van der Waals surface area contributed by atoms with Crippen molar-refractivity contribution in [2.45, 2.75) is 19.8 Å². The Morgan fingerprint density at radius 2 is 2.06 bits per heavy atom. The lowest BCUT2D eigenvalue weighted by Crippen LogP contribution is -2.39. The molecule has 1 aromatic rings. The maximum Gasteiger partial charge on any atom is 0.253 e. The summed E-state index contributed by atoms with van der Waals surface area (Å²) in [6, 6.07) is 7.12. The third-order valence-corrected chi connectivity index (χ3v) is 3.29. The van der Waals surface area contributed by atoms with E-state index in [0.717, 1.165) is 25.1 Å². The number of nitrogens with zero attached hydrogens (tertiary/aromatic N) is 1. The van der Waals surface area contributed by atoms with Crippen LogP contribution in [0.2, 0.25) is 5.02 Å². The molecule has 1 aliphatic rings. The Morgan fingerprint density at radius 3 is 2.69 bits per heavy atom. The molecule has 0 aliphatic carbocycles. The number of hydrogen-bond acceptors (Lipinski definition) is 1. The molecule has 16 heavy (non-hydrogen) atoms. The number of likely N-dealkylation sites (tertiary alicyclic amines) is 1. The van der Waals surface area contributed by atoms with Gasteiger partial charge in [0.05, 0.1) is 0 Å². The van der Waals surface area contributed by atoms with Crippen LogP contribution < -0.4 is 0 Å². The van der Waals surface area contributed by atoms with E-state index in [9.17, 15) is 4.79 Å². The minimum absolute atomic E-state index is 0.128. The van der Waals surface area contributed by atoms with Crippen molar-refractivity contribution < 1.29 is 4.79 Å². The molecular formula is C13H16ClNO. The van der Waals surface area contributed by atoms with Gasteiger partial charge in [0.2, 0.25) is 0 Å². The van der Waals surface area contributed by atoms with Gasteiger partial charge in [-0.3, -0.25) is 4.79 Å². The monoisotopic (exact) mass is 237 g/mol. The Labute approximate surface area is 101 Å². The molecule has 1 heterocycles. The molecule has 0 spiro atoms. The standard InChI is InChI=1S/C13H16ClNO/c1-10-3-2-8-15(9-10)13(16)11-4-6-12(14)7-5-11/h4-7,10H,2-3,8-9H2,1H3/t10-/m0/s1. The minimum Gasteiger partial charge on any atom is -0.338 e. The molecule has 86 valence electrons. The van der Waals surface area contributed by atoms with Crippen molar-refractivity contribution in [2.75, 3.05) is 13.1 Å². The summed E-state index contributed by atoms with van der Waals surface area (Å²) in [6.45, 7) is 3.95. The molecule has 2 rings (SSSR count). The third kappa shape index (κ3) is 2.56. The number of carbonyl (C=O) groups excluding carboxylic acids is 1. The van der Waals surface area contributed by atoms with Gasteiger partial charge in [-0.05, 0) is 43.0 Å². The van der Waals surface area contributed by atoms with E-state index in [-0.39, 0.29) is 5.91 Å². The topological polar surface area (TPSA) is 20.3 Å². The number of amides is 1. The lowest BCUT2D eigenvalue weighted by molar-refractivity contribution is 0.0683. The van der Waals surface area contributed by atoms with Gasteiger partial charge < -0.3 is 4.90 Å². The van der Waals surface area contributed by atoms with Crippen molar-refractivity contribution in [1.29, 1.82) is 0 Å². The molecule has 1 aliphatic heterocycles. The van der Waals surface area contributed by atoms with Gasteiger partial charge in [0.15, 0.2) is 0 Å².